The van der Waals surface area contributed by atoms with Crippen LogP contribution >= 0.6 is 0 Å². The van der Waals surface area contributed by atoms with Crippen LogP contribution in [-0.4, -0.2) is 49.1 Å². The summed E-state index contributed by atoms with van der Waals surface area (Å²) in [4.78, 5) is 20.1. The first-order chi connectivity index (χ1) is 10.3. The van der Waals surface area contributed by atoms with Gasteiger partial charge in [0.05, 0.1) is 19.3 Å². The van der Waals surface area contributed by atoms with Gasteiger partial charge in [0, 0.05) is 25.8 Å². The third-order valence-corrected chi connectivity index (χ3v) is 4.45. The fourth-order valence-corrected chi connectivity index (χ4v) is 3.32. The summed E-state index contributed by atoms with van der Waals surface area (Å²) in [6, 6.07) is 2.39. The van der Waals surface area contributed by atoms with Crippen LogP contribution in [-0.2, 0) is 9.53 Å². The minimum absolute atomic E-state index is 0.196. The average Bonchev–Trinajstić information content (AvgIpc) is 2.55. The maximum Gasteiger partial charge on any atom is 0.210 e. The van der Waals surface area contributed by atoms with Crippen molar-refractivity contribution in [3.8, 4) is 0 Å². The molecule has 1 aromatic rings. The predicted octanol–water partition coefficient (Wildman–Crippen LogP) is 1.91. The molecule has 2 aliphatic heterocycles. The molecular formula is C16H23N3O2. The van der Waals surface area contributed by atoms with E-state index in [1.54, 1.807) is 0 Å². The Labute approximate surface area is 125 Å². The number of pyridine rings is 1. The molecule has 2 saturated heterocycles. The highest BCUT2D eigenvalue weighted by Gasteiger charge is 2.24. The number of nitrogens with zero attached hydrogens (tertiary/aromatic N) is 3. The molecule has 21 heavy (non-hydrogen) atoms. The Hall–Kier alpha value is -1.62. The smallest absolute Gasteiger partial charge is 0.210 e. The van der Waals surface area contributed by atoms with Crippen LogP contribution < -0.4 is 4.90 Å². The Morgan fingerprint density at radius 3 is 2.81 bits per heavy atom. The van der Waals surface area contributed by atoms with E-state index in [2.05, 4.69) is 22.9 Å². The van der Waals surface area contributed by atoms with Gasteiger partial charge in [0.25, 0.3) is 0 Å². The Morgan fingerprint density at radius 2 is 2.10 bits per heavy atom. The maximum absolute atomic E-state index is 11.2. The first-order valence-corrected chi connectivity index (χ1v) is 7.80. The minimum Gasteiger partial charge on any atom is -0.378 e. The molecule has 0 aliphatic carbocycles. The number of rotatable bonds is 3. The largest absolute Gasteiger partial charge is 0.378 e. The monoisotopic (exact) mass is 289 g/mol. The van der Waals surface area contributed by atoms with E-state index < -0.39 is 0 Å². The highest BCUT2D eigenvalue weighted by Crippen LogP contribution is 2.31. The topological polar surface area (TPSA) is 45.7 Å². The molecule has 3 heterocycles. The highest BCUT2D eigenvalue weighted by atomic mass is 16.5. The molecule has 0 N–H and O–H groups in total. The van der Waals surface area contributed by atoms with Crippen LogP contribution in [0.25, 0.3) is 0 Å². The van der Waals surface area contributed by atoms with E-state index in [9.17, 15) is 4.79 Å². The van der Waals surface area contributed by atoms with Crippen molar-refractivity contribution < 1.29 is 9.53 Å². The number of amides is 1. The fourth-order valence-electron chi connectivity index (χ4n) is 3.32. The van der Waals surface area contributed by atoms with Gasteiger partial charge in [-0.25, -0.2) is 4.98 Å². The first kappa shape index (κ1) is 14.3. The number of piperidine rings is 1. The molecular weight excluding hydrogens is 266 g/mol. The van der Waals surface area contributed by atoms with E-state index in [-0.39, 0.29) is 6.04 Å². The summed E-state index contributed by atoms with van der Waals surface area (Å²) in [5.74, 6) is 1.05. The second-order valence-corrected chi connectivity index (χ2v) is 5.86. The normalized spacial score (nSPS) is 23.2. The van der Waals surface area contributed by atoms with Crippen LogP contribution in [0.5, 0.6) is 0 Å². The minimum atomic E-state index is 0.196. The van der Waals surface area contributed by atoms with Crippen LogP contribution in [0.1, 0.15) is 36.4 Å². The number of ether oxygens (including phenoxy) is 1. The molecule has 1 atom stereocenters. The second-order valence-electron chi connectivity index (χ2n) is 5.86. The first-order valence-electron chi connectivity index (χ1n) is 7.80. The van der Waals surface area contributed by atoms with E-state index in [4.69, 9.17) is 4.74 Å². The summed E-state index contributed by atoms with van der Waals surface area (Å²) in [6.07, 6.45) is 6.25. The average molecular weight is 289 g/mol. The van der Waals surface area contributed by atoms with Crippen LogP contribution in [0.4, 0.5) is 5.82 Å². The van der Waals surface area contributed by atoms with Crippen molar-refractivity contribution in [1.82, 2.24) is 9.88 Å². The quantitative estimate of drug-likeness (QED) is 0.797. The Kier molecular flexibility index (Phi) is 4.39. The molecule has 2 aliphatic rings. The lowest BCUT2D eigenvalue weighted by molar-refractivity contribution is -0.121. The zero-order chi connectivity index (χ0) is 14.7. The van der Waals surface area contributed by atoms with E-state index in [0.29, 0.717) is 0 Å². The lowest BCUT2D eigenvalue weighted by atomic mass is 9.96. The Bertz CT molecular complexity index is 500. The number of anilines is 1. The van der Waals surface area contributed by atoms with E-state index in [0.717, 1.165) is 63.5 Å². The van der Waals surface area contributed by atoms with E-state index in [1.807, 2.05) is 11.1 Å². The number of aromatic nitrogens is 1. The summed E-state index contributed by atoms with van der Waals surface area (Å²) >= 11 is 0. The molecule has 5 nitrogen and oxygen atoms in total. The van der Waals surface area contributed by atoms with Crippen molar-refractivity contribution in [2.24, 2.45) is 0 Å². The molecule has 1 aromatic heterocycles. The Balaban J connectivity index is 1.81. The van der Waals surface area contributed by atoms with E-state index >= 15 is 0 Å². The number of carbonyl (C=O) groups excluding carboxylic acids is 1. The summed E-state index contributed by atoms with van der Waals surface area (Å²) < 4.78 is 5.39. The molecule has 0 saturated carbocycles. The molecule has 114 valence electrons. The van der Waals surface area contributed by atoms with Gasteiger partial charge in [0.2, 0.25) is 6.41 Å². The van der Waals surface area contributed by atoms with Crippen LogP contribution in [0.2, 0.25) is 0 Å². The number of likely N-dealkylation sites (tertiary alicyclic amines) is 1. The number of hydrogen-bond donors (Lipinski definition) is 0. The van der Waals surface area contributed by atoms with Crippen molar-refractivity contribution in [3.63, 3.8) is 0 Å². The molecule has 0 bridgehead atoms. The predicted molar refractivity (Wildman–Crippen MR) is 81.4 cm³/mol. The van der Waals surface area contributed by atoms with Crippen molar-refractivity contribution in [3.05, 3.63) is 23.4 Å². The summed E-state index contributed by atoms with van der Waals surface area (Å²) in [6.45, 7) is 6.30. The molecule has 1 unspecified atom stereocenters. The molecule has 1 amide bonds. The van der Waals surface area contributed by atoms with Gasteiger partial charge >= 0.3 is 0 Å². The second kappa shape index (κ2) is 6.43. The lowest BCUT2D eigenvalue weighted by Gasteiger charge is -2.34. The van der Waals surface area contributed by atoms with Gasteiger partial charge in [0.1, 0.15) is 5.82 Å². The van der Waals surface area contributed by atoms with Gasteiger partial charge < -0.3 is 14.5 Å². The lowest BCUT2D eigenvalue weighted by Crippen LogP contribution is -2.37. The van der Waals surface area contributed by atoms with Crippen LogP contribution in [0.3, 0.4) is 0 Å². The Morgan fingerprint density at radius 1 is 1.29 bits per heavy atom. The third-order valence-electron chi connectivity index (χ3n) is 4.45. The van der Waals surface area contributed by atoms with Crippen LogP contribution in [0, 0.1) is 6.92 Å². The maximum atomic E-state index is 11.2. The zero-order valence-corrected chi connectivity index (χ0v) is 12.6. The number of aryl methyl sites for hydroxylation is 1. The van der Waals surface area contributed by atoms with Crippen LogP contribution in [0.15, 0.2) is 12.3 Å². The molecule has 3 rings (SSSR count). The molecule has 5 heteroatoms. The standard InChI is InChI=1S/C16H23N3O2/c1-13-10-14(15-4-2-3-5-19(15)12-20)11-17-16(13)18-6-8-21-9-7-18/h10-12,15H,2-9H2,1H3. The number of hydrogen-bond acceptors (Lipinski definition) is 4. The summed E-state index contributed by atoms with van der Waals surface area (Å²) in [7, 11) is 0. The van der Waals surface area contributed by atoms with Gasteiger partial charge in [-0.2, -0.15) is 0 Å². The highest BCUT2D eigenvalue weighted by molar-refractivity contribution is 5.51. The van der Waals surface area contributed by atoms with Gasteiger partial charge in [-0.15, -0.1) is 0 Å². The SMILES string of the molecule is Cc1cc(C2CCCCN2C=O)cnc1N1CCOCC1. The summed E-state index contributed by atoms with van der Waals surface area (Å²) in [5, 5.41) is 0. The van der Waals surface area contributed by atoms with Gasteiger partial charge in [-0.3, -0.25) is 4.79 Å². The fraction of sp³-hybridized carbons (Fsp3) is 0.625. The van der Waals surface area contributed by atoms with Gasteiger partial charge in [0.15, 0.2) is 0 Å². The van der Waals surface area contributed by atoms with Gasteiger partial charge in [-0.1, -0.05) is 0 Å². The number of carbonyl (C=O) groups is 1. The molecule has 0 radical (unpaired) electrons. The van der Waals surface area contributed by atoms with Gasteiger partial charge in [-0.05, 0) is 43.4 Å². The molecule has 2 fully saturated rings. The molecule has 0 spiro atoms. The number of morpholine rings is 1. The third kappa shape index (κ3) is 3.02. The zero-order valence-electron chi connectivity index (χ0n) is 12.6. The van der Waals surface area contributed by atoms with Crippen molar-refractivity contribution in [2.75, 3.05) is 37.7 Å². The summed E-state index contributed by atoms with van der Waals surface area (Å²) in [5.41, 5.74) is 2.35. The van der Waals surface area contributed by atoms with Crippen molar-refractivity contribution in [1.29, 1.82) is 0 Å². The van der Waals surface area contributed by atoms with E-state index in [1.165, 1.54) is 12.0 Å². The van der Waals surface area contributed by atoms with Crippen molar-refractivity contribution >= 4 is 12.2 Å². The molecule has 0 aromatic carbocycles. The van der Waals surface area contributed by atoms with Crippen molar-refractivity contribution in [2.45, 2.75) is 32.2 Å².